The van der Waals surface area contributed by atoms with Crippen LogP contribution < -0.4 is 5.32 Å². The number of Topliss-reactive ketones (excluding diaryl/α,β-unsaturated/α-hetero) is 1. The molecular formula is C22H37NO4Si. The number of rotatable bonds is 6. The van der Waals surface area contributed by atoms with Crippen molar-refractivity contribution in [3.63, 3.8) is 0 Å². The smallest absolute Gasteiger partial charge is 0.228 e. The van der Waals surface area contributed by atoms with E-state index in [0.29, 0.717) is 5.76 Å². The SMILES string of the molecule is C[C@@H](O[Si](C)(C)C(C)(C)C)[C@H]1C(=O)N[C@@H]1[C@H]1CCC=C(OC2CCCC2)C1=O. The van der Waals surface area contributed by atoms with Gasteiger partial charge in [-0.05, 0) is 69.7 Å². The summed E-state index contributed by atoms with van der Waals surface area (Å²) in [4.78, 5) is 25.5. The Morgan fingerprint density at radius 2 is 1.79 bits per heavy atom. The first-order chi connectivity index (χ1) is 13.0. The minimum atomic E-state index is -1.98. The zero-order valence-corrected chi connectivity index (χ0v) is 19.3. The van der Waals surface area contributed by atoms with E-state index in [4.69, 9.17) is 9.16 Å². The van der Waals surface area contributed by atoms with E-state index >= 15 is 0 Å². The van der Waals surface area contributed by atoms with Crippen LogP contribution in [0.15, 0.2) is 11.8 Å². The van der Waals surface area contributed by atoms with E-state index in [1.54, 1.807) is 0 Å². The van der Waals surface area contributed by atoms with Crippen LogP contribution in [0.2, 0.25) is 18.1 Å². The third-order valence-corrected chi connectivity index (χ3v) is 11.8. The van der Waals surface area contributed by atoms with Crippen LogP contribution in [0.5, 0.6) is 0 Å². The molecule has 1 aliphatic heterocycles. The van der Waals surface area contributed by atoms with E-state index in [1.165, 1.54) is 12.8 Å². The molecule has 0 unspecified atom stereocenters. The average Bonchev–Trinajstić information content (AvgIpc) is 3.06. The summed E-state index contributed by atoms with van der Waals surface area (Å²) in [5.41, 5.74) is 0. The normalized spacial score (nSPS) is 30.5. The van der Waals surface area contributed by atoms with E-state index in [0.717, 1.165) is 25.7 Å². The first-order valence-corrected chi connectivity index (χ1v) is 13.8. The number of carbonyl (C=O) groups excluding carboxylic acids is 2. The van der Waals surface area contributed by atoms with Gasteiger partial charge in [0.25, 0.3) is 0 Å². The predicted molar refractivity (Wildman–Crippen MR) is 112 cm³/mol. The molecule has 0 bridgehead atoms. The number of nitrogens with one attached hydrogen (secondary N) is 1. The van der Waals surface area contributed by atoms with E-state index in [2.05, 4.69) is 39.2 Å². The molecule has 1 N–H and O–H groups in total. The van der Waals surface area contributed by atoms with Gasteiger partial charge >= 0.3 is 0 Å². The van der Waals surface area contributed by atoms with Crippen LogP contribution in [-0.2, 0) is 18.8 Å². The second-order valence-electron chi connectivity index (χ2n) is 10.3. The van der Waals surface area contributed by atoms with Gasteiger partial charge in [-0.1, -0.05) is 20.8 Å². The Labute approximate surface area is 170 Å². The molecule has 0 spiro atoms. The van der Waals surface area contributed by atoms with Crippen molar-refractivity contribution in [3.05, 3.63) is 11.8 Å². The van der Waals surface area contributed by atoms with Crippen molar-refractivity contribution in [2.75, 3.05) is 0 Å². The Kier molecular flexibility index (Phi) is 6.11. The van der Waals surface area contributed by atoms with Gasteiger partial charge in [0, 0.05) is 5.92 Å². The van der Waals surface area contributed by atoms with Crippen molar-refractivity contribution >= 4 is 20.0 Å². The summed E-state index contributed by atoms with van der Waals surface area (Å²) in [7, 11) is -1.98. The highest BCUT2D eigenvalue weighted by atomic mass is 28.4. The highest BCUT2D eigenvalue weighted by Crippen LogP contribution is 2.41. The summed E-state index contributed by atoms with van der Waals surface area (Å²) >= 11 is 0. The summed E-state index contributed by atoms with van der Waals surface area (Å²) in [6.07, 6.45) is 7.98. The van der Waals surface area contributed by atoms with E-state index < -0.39 is 8.32 Å². The van der Waals surface area contributed by atoms with Gasteiger partial charge in [0.15, 0.2) is 14.1 Å². The molecule has 1 saturated carbocycles. The maximum absolute atomic E-state index is 13.1. The number of hydrogen-bond donors (Lipinski definition) is 1. The summed E-state index contributed by atoms with van der Waals surface area (Å²) in [5.74, 6) is 0.147. The quantitative estimate of drug-likeness (QED) is 0.526. The third kappa shape index (κ3) is 4.23. The lowest BCUT2D eigenvalue weighted by molar-refractivity contribution is -0.145. The Morgan fingerprint density at radius 1 is 1.14 bits per heavy atom. The molecule has 28 heavy (non-hydrogen) atoms. The average molecular weight is 408 g/mol. The van der Waals surface area contributed by atoms with Gasteiger partial charge in [-0.2, -0.15) is 0 Å². The molecule has 1 heterocycles. The fourth-order valence-electron chi connectivity index (χ4n) is 4.43. The molecule has 3 rings (SSSR count). The van der Waals surface area contributed by atoms with Gasteiger partial charge in [-0.15, -0.1) is 0 Å². The largest absolute Gasteiger partial charge is 0.487 e. The predicted octanol–water partition coefficient (Wildman–Crippen LogP) is 4.33. The molecule has 6 heteroatoms. The molecule has 0 aromatic rings. The lowest BCUT2D eigenvalue weighted by Crippen LogP contribution is -2.67. The number of amides is 1. The molecule has 1 amide bonds. The van der Waals surface area contributed by atoms with Crippen molar-refractivity contribution in [2.45, 2.75) is 103 Å². The molecule has 5 nitrogen and oxygen atoms in total. The molecular weight excluding hydrogens is 370 g/mol. The Bertz CT molecular complexity index is 645. The zero-order chi connectivity index (χ0) is 20.7. The lowest BCUT2D eigenvalue weighted by atomic mass is 9.73. The Hall–Kier alpha value is -1.14. The molecule has 4 atom stereocenters. The maximum Gasteiger partial charge on any atom is 0.228 e. The fraction of sp³-hybridized carbons (Fsp3) is 0.818. The van der Waals surface area contributed by atoms with Crippen molar-refractivity contribution < 1.29 is 18.8 Å². The molecule has 3 aliphatic rings. The lowest BCUT2D eigenvalue weighted by Gasteiger charge is -2.47. The van der Waals surface area contributed by atoms with Gasteiger partial charge in [-0.25, -0.2) is 0 Å². The second kappa shape index (κ2) is 7.94. The molecule has 0 aromatic carbocycles. The van der Waals surface area contributed by atoms with Crippen LogP contribution in [0.25, 0.3) is 0 Å². The summed E-state index contributed by atoms with van der Waals surface area (Å²) in [5, 5.41) is 3.09. The number of hydrogen-bond acceptors (Lipinski definition) is 4. The van der Waals surface area contributed by atoms with Crippen LogP contribution in [0.3, 0.4) is 0 Å². The van der Waals surface area contributed by atoms with Crippen molar-refractivity contribution in [1.29, 1.82) is 0 Å². The number of ether oxygens (including phenoxy) is 1. The minimum Gasteiger partial charge on any atom is -0.487 e. The number of ketones is 1. The first kappa shape index (κ1) is 21.6. The highest BCUT2D eigenvalue weighted by Gasteiger charge is 2.52. The number of allylic oxidation sites excluding steroid dienone is 2. The van der Waals surface area contributed by atoms with Crippen molar-refractivity contribution in [1.82, 2.24) is 5.32 Å². The van der Waals surface area contributed by atoms with E-state index in [-0.39, 0.29) is 46.8 Å². The van der Waals surface area contributed by atoms with Crippen molar-refractivity contribution in [3.8, 4) is 0 Å². The minimum absolute atomic E-state index is 0.0109. The topological polar surface area (TPSA) is 64.6 Å². The number of carbonyl (C=O) groups is 2. The molecule has 0 aromatic heterocycles. The standard InChI is InChI=1S/C22H37NO4Si/c1-14(27-28(5,6)22(2,3)4)18-19(23-21(18)25)16-12-9-13-17(20(16)24)26-15-10-7-8-11-15/h13-16,18-19H,7-12H2,1-6H3,(H,23,25)/t14-,16-,18-,19-/m1/s1. The maximum atomic E-state index is 13.1. The van der Waals surface area contributed by atoms with E-state index in [1.807, 2.05) is 13.0 Å². The van der Waals surface area contributed by atoms with Crippen LogP contribution >= 0.6 is 0 Å². The summed E-state index contributed by atoms with van der Waals surface area (Å²) < 4.78 is 12.5. The number of β-lactam (4-membered cyclic amide) rings is 1. The fourth-order valence-corrected chi connectivity index (χ4v) is 5.86. The second-order valence-corrected chi connectivity index (χ2v) is 15.0. The first-order valence-electron chi connectivity index (χ1n) is 10.9. The third-order valence-electron chi connectivity index (χ3n) is 7.21. The van der Waals surface area contributed by atoms with E-state index in [9.17, 15) is 9.59 Å². The molecule has 1 saturated heterocycles. The summed E-state index contributed by atoms with van der Waals surface area (Å²) in [6.45, 7) is 13.0. The van der Waals surface area contributed by atoms with Crippen LogP contribution in [0.4, 0.5) is 0 Å². The van der Waals surface area contributed by atoms with Gasteiger partial charge in [0.2, 0.25) is 11.7 Å². The van der Waals surface area contributed by atoms with Gasteiger partial charge in [0.1, 0.15) is 0 Å². The summed E-state index contributed by atoms with van der Waals surface area (Å²) in [6, 6.07) is -0.143. The highest BCUT2D eigenvalue weighted by molar-refractivity contribution is 6.74. The van der Waals surface area contributed by atoms with Crippen LogP contribution in [0.1, 0.15) is 66.2 Å². The molecule has 2 aliphatic carbocycles. The van der Waals surface area contributed by atoms with Gasteiger partial charge in [-0.3, -0.25) is 9.59 Å². The Morgan fingerprint density at radius 3 is 2.36 bits per heavy atom. The van der Waals surface area contributed by atoms with Crippen molar-refractivity contribution in [2.24, 2.45) is 11.8 Å². The zero-order valence-electron chi connectivity index (χ0n) is 18.3. The molecule has 158 valence electrons. The van der Waals surface area contributed by atoms with Gasteiger partial charge < -0.3 is 14.5 Å². The molecule has 2 fully saturated rings. The monoisotopic (exact) mass is 407 g/mol. The van der Waals surface area contributed by atoms with Crippen LogP contribution in [0, 0.1) is 11.8 Å². The van der Waals surface area contributed by atoms with Gasteiger partial charge in [0.05, 0.1) is 24.2 Å². The van der Waals surface area contributed by atoms with Crippen LogP contribution in [-0.4, -0.2) is 38.3 Å². The molecule has 0 radical (unpaired) electrons. The Balaban J connectivity index is 1.66.